The Balaban J connectivity index is 1.62. The van der Waals surface area contributed by atoms with E-state index in [0.717, 1.165) is 56.0 Å². The summed E-state index contributed by atoms with van der Waals surface area (Å²) in [6.45, 7) is 7.89. The third-order valence-electron chi connectivity index (χ3n) is 5.46. The van der Waals surface area contributed by atoms with Crippen molar-refractivity contribution < 1.29 is 4.79 Å². The number of likely N-dealkylation sites (tertiary alicyclic amines) is 1. The lowest BCUT2D eigenvalue weighted by atomic mass is 10.0. The fourth-order valence-corrected chi connectivity index (χ4v) is 3.93. The summed E-state index contributed by atoms with van der Waals surface area (Å²) >= 11 is 0. The van der Waals surface area contributed by atoms with Gasteiger partial charge in [0.05, 0.1) is 11.7 Å². The van der Waals surface area contributed by atoms with E-state index >= 15 is 0 Å². The molecule has 2 aromatic heterocycles. The average Bonchev–Trinajstić information content (AvgIpc) is 3.18. The molecule has 25 heavy (non-hydrogen) atoms. The smallest absolute Gasteiger partial charge is 0.222 e. The molecule has 0 N–H and O–H groups in total. The molecule has 1 aliphatic heterocycles. The first-order chi connectivity index (χ1) is 12.0. The van der Waals surface area contributed by atoms with Crippen LogP contribution in [0.1, 0.15) is 55.0 Å². The van der Waals surface area contributed by atoms with E-state index in [2.05, 4.69) is 34.7 Å². The largest absolute Gasteiger partial charge is 0.341 e. The van der Waals surface area contributed by atoms with Gasteiger partial charge in [-0.3, -0.25) is 9.48 Å². The van der Waals surface area contributed by atoms with Crippen LogP contribution in [-0.4, -0.2) is 43.2 Å². The molecular formula is C19H29N5O. The molecule has 0 unspecified atom stereocenters. The first kappa shape index (κ1) is 17.7. The summed E-state index contributed by atoms with van der Waals surface area (Å²) in [5.74, 6) is 1.37. The highest BCUT2D eigenvalue weighted by molar-refractivity contribution is 5.76. The predicted molar refractivity (Wildman–Crippen MR) is 97.5 cm³/mol. The fourth-order valence-electron chi connectivity index (χ4n) is 3.93. The maximum atomic E-state index is 12.7. The summed E-state index contributed by atoms with van der Waals surface area (Å²) in [6, 6.07) is 0.358. The molecule has 1 saturated heterocycles. The number of aryl methyl sites for hydroxylation is 3. The Morgan fingerprint density at radius 2 is 2.16 bits per heavy atom. The molecular weight excluding hydrogens is 314 g/mol. The quantitative estimate of drug-likeness (QED) is 0.838. The van der Waals surface area contributed by atoms with Crippen molar-refractivity contribution >= 4 is 5.91 Å². The van der Waals surface area contributed by atoms with Crippen LogP contribution < -0.4 is 0 Å². The molecule has 0 bridgehead atoms. The molecule has 0 spiro atoms. The molecule has 3 rings (SSSR count). The van der Waals surface area contributed by atoms with Gasteiger partial charge in [-0.1, -0.05) is 6.92 Å². The van der Waals surface area contributed by atoms with E-state index in [1.54, 1.807) is 0 Å². The Hall–Kier alpha value is -2.11. The van der Waals surface area contributed by atoms with Gasteiger partial charge in [0.1, 0.15) is 5.82 Å². The van der Waals surface area contributed by atoms with Gasteiger partial charge < -0.3 is 9.47 Å². The van der Waals surface area contributed by atoms with Crippen molar-refractivity contribution in [3.63, 3.8) is 0 Å². The van der Waals surface area contributed by atoms with Crippen LogP contribution in [0.5, 0.6) is 0 Å². The Labute approximate surface area is 149 Å². The zero-order chi connectivity index (χ0) is 18.0. The summed E-state index contributed by atoms with van der Waals surface area (Å²) in [5, 5.41) is 4.45. The lowest BCUT2D eigenvalue weighted by Crippen LogP contribution is -2.41. The third kappa shape index (κ3) is 3.62. The molecule has 0 radical (unpaired) electrons. The molecule has 1 amide bonds. The summed E-state index contributed by atoms with van der Waals surface area (Å²) in [5.41, 5.74) is 3.41. The zero-order valence-electron chi connectivity index (χ0n) is 15.8. The zero-order valence-corrected chi connectivity index (χ0v) is 15.8. The number of hydrogen-bond donors (Lipinski definition) is 0. The van der Waals surface area contributed by atoms with Gasteiger partial charge in [-0.25, -0.2) is 4.98 Å². The molecule has 6 heteroatoms. The lowest BCUT2D eigenvalue weighted by molar-refractivity contribution is -0.132. The molecule has 136 valence electrons. The molecule has 0 aromatic carbocycles. The second-order valence-corrected chi connectivity index (χ2v) is 7.01. The van der Waals surface area contributed by atoms with Gasteiger partial charge in [-0.05, 0) is 38.7 Å². The van der Waals surface area contributed by atoms with Gasteiger partial charge in [0.25, 0.3) is 0 Å². The molecule has 1 aliphatic rings. The van der Waals surface area contributed by atoms with Crippen molar-refractivity contribution in [2.45, 2.75) is 58.9 Å². The second-order valence-electron chi connectivity index (χ2n) is 7.01. The van der Waals surface area contributed by atoms with Gasteiger partial charge in [0.15, 0.2) is 0 Å². The Morgan fingerprint density at radius 1 is 1.36 bits per heavy atom. The van der Waals surface area contributed by atoms with Crippen molar-refractivity contribution in [1.29, 1.82) is 0 Å². The van der Waals surface area contributed by atoms with Crippen LogP contribution in [0, 0.1) is 13.8 Å². The maximum absolute atomic E-state index is 12.7. The van der Waals surface area contributed by atoms with Gasteiger partial charge in [0.2, 0.25) is 5.91 Å². The lowest BCUT2D eigenvalue weighted by Gasteiger charge is -2.34. The summed E-state index contributed by atoms with van der Waals surface area (Å²) in [7, 11) is 1.96. The van der Waals surface area contributed by atoms with Gasteiger partial charge >= 0.3 is 0 Å². The molecule has 3 heterocycles. The standard InChI is InChI=1S/C19H29N5O/c1-5-18-20-10-12-24(18)16-7-6-11-23(13-16)19(25)9-8-17-14(2)21-22(4)15(17)3/h10,12,16H,5-9,11,13H2,1-4H3/t16-/m0/s1. The van der Waals surface area contributed by atoms with E-state index < -0.39 is 0 Å². The topological polar surface area (TPSA) is 56.0 Å². The molecule has 2 aromatic rings. The van der Waals surface area contributed by atoms with E-state index in [4.69, 9.17) is 0 Å². The SMILES string of the molecule is CCc1nccn1[C@H]1CCCN(C(=O)CCc2c(C)nn(C)c2C)C1. The van der Waals surface area contributed by atoms with Gasteiger partial charge in [0, 0.05) is 51.1 Å². The van der Waals surface area contributed by atoms with Crippen LogP contribution in [0.2, 0.25) is 0 Å². The highest BCUT2D eigenvalue weighted by Crippen LogP contribution is 2.24. The molecule has 0 aliphatic carbocycles. The highest BCUT2D eigenvalue weighted by atomic mass is 16.2. The van der Waals surface area contributed by atoms with Crippen molar-refractivity contribution in [2.24, 2.45) is 7.05 Å². The van der Waals surface area contributed by atoms with Crippen LogP contribution in [0.25, 0.3) is 0 Å². The molecule has 6 nitrogen and oxygen atoms in total. The van der Waals surface area contributed by atoms with Gasteiger partial charge in [-0.15, -0.1) is 0 Å². The molecule has 1 atom stereocenters. The van der Waals surface area contributed by atoms with Crippen LogP contribution in [0.15, 0.2) is 12.4 Å². The van der Waals surface area contributed by atoms with Crippen molar-refractivity contribution in [1.82, 2.24) is 24.2 Å². The normalized spacial score (nSPS) is 17.9. The number of imidazole rings is 1. The first-order valence-corrected chi connectivity index (χ1v) is 9.29. The Bertz CT molecular complexity index is 745. The van der Waals surface area contributed by atoms with Crippen molar-refractivity contribution in [3.8, 4) is 0 Å². The van der Waals surface area contributed by atoms with E-state index in [9.17, 15) is 4.79 Å². The summed E-state index contributed by atoms with van der Waals surface area (Å²) in [6.07, 6.45) is 8.36. The maximum Gasteiger partial charge on any atom is 0.222 e. The summed E-state index contributed by atoms with van der Waals surface area (Å²) < 4.78 is 4.16. The number of nitrogens with zero attached hydrogens (tertiary/aromatic N) is 5. The average molecular weight is 343 g/mol. The minimum atomic E-state index is 0.255. The Morgan fingerprint density at radius 3 is 2.84 bits per heavy atom. The number of hydrogen-bond acceptors (Lipinski definition) is 3. The van der Waals surface area contributed by atoms with Crippen LogP contribution in [-0.2, 0) is 24.7 Å². The fraction of sp³-hybridized carbons (Fsp3) is 0.632. The van der Waals surface area contributed by atoms with E-state index in [1.807, 2.05) is 29.7 Å². The number of aromatic nitrogens is 4. The van der Waals surface area contributed by atoms with E-state index in [0.29, 0.717) is 12.5 Å². The highest BCUT2D eigenvalue weighted by Gasteiger charge is 2.25. The van der Waals surface area contributed by atoms with Gasteiger partial charge in [-0.2, -0.15) is 5.10 Å². The first-order valence-electron chi connectivity index (χ1n) is 9.29. The van der Waals surface area contributed by atoms with Crippen molar-refractivity contribution in [2.75, 3.05) is 13.1 Å². The summed E-state index contributed by atoms with van der Waals surface area (Å²) in [4.78, 5) is 19.2. The monoisotopic (exact) mass is 343 g/mol. The predicted octanol–water partition coefficient (Wildman–Crippen LogP) is 2.59. The minimum Gasteiger partial charge on any atom is -0.341 e. The number of rotatable bonds is 5. The molecule has 0 saturated carbocycles. The number of carbonyl (C=O) groups is 1. The third-order valence-corrected chi connectivity index (χ3v) is 5.46. The second kappa shape index (κ2) is 7.42. The molecule has 1 fully saturated rings. The van der Waals surface area contributed by atoms with Crippen molar-refractivity contribution in [3.05, 3.63) is 35.2 Å². The van der Waals surface area contributed by atoms with E-state index in [-0.39, 0.29) is 5.91 Å². The number of amides is 1. The van der Waals surface area contributed by atoms with Crippen LogP contribution >= 0.6 is 0 Å². The van der Waals surface area contributed by atoms with Crippen LogP contribution in [0.3, 0.4) is 0 Å². The number of carbonyl (C=O) groups excluding carboxylic acids is 1. The Kier molecular flexibility index (Phi) is 5.25. The van der Waals surface area contributed by atoms with E-state index in [1.165, 1.54) is 5.56 Å². The van der Waals surface area contributed by atoms with Crippen LogP contribution in [0.4, 0.5) is 0 Å². The minimum absolute atomic E-state index is 0.255. The number of piperidine rings is 1.